The third kappa shape index (κ3) is 10.5. The lowest BCUT2D eigenvalue weighted by atomic mass is 9.95. The number of nitrogens with two attached hydrogens (primary N) is 4. The molecule has 3 rings (SSSR count). The van der Waals surface area contributed by atoms with E-state index in [0.717, 1.165) is 16.3 Å². The maximum absolute atomic E-state index is 13.8. The van der Waals surface area contributed by atoms with Gasteiger partial charge >= 0.3 is 0 Å². The largest absolute Gasteiger partial charge is 0.384 e. The number of amides is 4. The summed E-state index contributed by atoms with van der Waals surface area (Å²) in [7, 11) is 0. The van der Waals surface area contributed by atoms with Crippen molar-refractivity contribution >= 4 is 46.2 Å². The summed E-state index contributed by atoms with van der Waals surface area (Å²) in [4.78, 5) is 56.8. The van der Waals surface area contributed by atoms with Gasteiger partial charge in [-0.2, -0.15) is 0 Å². The van der Waals surface area contributed by atoms with Gasteiger partial charge in [-0.1, -0.05) is 72.8 Å². The summed E-state index contributed by atoms with van der Waals surface area (Å²) in [6, 6.07) is 17.8. The van der Waals surface area contributed by atoms with Gasteiger partial charge in [0.2, 0.25) is 23.6 Å². The number of rotatable bonds is 17. The van der Waals surface area contributed by atoms with E-state index in [1.54, 1.807) is 24.3 Å². The molecule has 0 spiro atoms. The number of amidine groups is 1. The van der Waals surface area contributed by atoms with E-state index in [1.807, 2.05) is 42.5 Å². The molecule has 0 aliphatic heterocycles. The zero-order chi connectivity index (χ0) is 33.6. The number of nitrogens with one attached hydrogen (secondary N) is 4. The van der Waals surface area contributed by atoms with Gasteiger partial charge < -0.3 is 38.9 Å². The number of fused-ring (bicyclic) bond motifs is 1. The summed E-state index contributed by atoms with van der Waals surface area (Å²) < 4.78 is 0. The average Bonchev–Trinajstić information content (AvgIpc) is 3.03. The Balaban J connectivity index is 1.89. The summed E-state index contributed by atoms with van der Waals surface area (Å²) >= 11 is 0. The minimum Gasteiger partial charge on any atom is -0.384 e. The summed E-state index contributed by atoms with van der Waals surface area (Å²) in [5, 5.41) is 17.6. The van der Waals surface area contributed by atoms with E-state index < -0.39 is 41.6 Å². The van der Waals surface area contributed by atoms with Gasteiger partial charge in [0, 0.05) is 25.1 Å². The molecule has 0 fully saturated rings. The molecule has 46 heavy (non-hydrogen) atoms. The van der Waals surface area contributed by atoms with Crippen molar-refractivity contribution in [2.75, 3.05) is 13.1 Å². The molecule has 13 heteroatoms. The molecule has 0 saturated carbocycles. The highest BCUT2D eigenvalue weighted by atomic mass is 16.2. The highest BCUT2D eigenvalue weighted by Gasteiger charge is 2.32. The number of aliphatic imine (C=N–C) groups is 1. The third-order valence-corrected chi connectivity index (χ3v) is 7.25. The van der Waals surface area contributed by atoms with E-state index in [4.69, 9.17) is 28.3 Å². The van der Waals surface area contributed by atoms with Crippen molar-refractivity contribution in [1.82, 2.24) is 16.0 Å². The van der Waals surface area contributed by atoms with Crippen molar-refractivity contribution in [2.45, 2.75) is 37.8 Å². The van der Waals surface area contributed by atoms with Crippen molar-refractivity contribution < 1.29 is 19.2 Å². The SMILES string of the molecule is C=CCNC(=O)C(Cc1ccc(C(=N)N)cc1)C(=O)N[C@@H](Cc1ccc2ccccc2c1)C(=O)N[C@@H](CCCN=C(N)N)C(N)=O. The van der Waals surface area contributed by atoms with Gasteiger partial charge in [0.15, 0.2) is 5.96 Å². The van der Waals surface area contributed by atoms with Crippen LogP contribution < -0.4 is 38.9 Å². The molecule has 0 bridgehead atoms. The van der Waals surface area contributed by atoms with E-state index in [9.17, 15) is 19.2 Å². The van der Waals surface area contributed by atoms with Crippen molar-refractivity contribution in [1.29, 1.82) is 5.41 Å². The fourth-order valence-electron chi connectivity index (χ4n) is 4.80. The van der Waals surface area contributed by atoms with Gasteiger partial charge in [0.05, 0.1) is 0 Å². The quantitative estimate of drug-likeness (QED) is 0.0342. The van der Waals surface area contributed by atoms with Crippen LogP contribution in [0.15, 0.2) is 84.4 Å². The first kappa shape index (κ1) is 34.8. The van der Waals surface area contributed by atoms with E-state index >= 15 is 0 Å². The monoisotopic (exact) mass is 627 g/mol. The molecule has 242 valence electrons. The number of nitrogen functional groups attached to an aromatic ring is 1. The molecule has 3 atom stereocenters. The second-order valence-corrected chi connectivity index (χ2v) is 10.8. The Morgan fingerprint density at radius 1 is 0.804 bits per heavy atom. The average molecular weight is 628 g/mol. The maximum Gasteiger partial charge on any atom is 0.243 e. The minimum absolute atomic E-state index is 0.00596. The smallest absolute Gasteiger partial charge is 0.243 e. The molecule has 0 aromatic heterocycles. The Kier molecular flexibility index (Phi) is 12.8. The first-order valence-corrected chi connectivity index (χ1v) is 14.7. The number of nitrogens with zero attached hydrogens (tertiary/aromatic N) is 1. The molecular formula is C33H41N9O4. The van der Waals surface area contributed by atoms with Crippen molar-refractivity contribution in [3.05, 3.63) is 96.1 Å². The Bertz CT molecular complexity index is 1600. The number of benzene rings is 3. The lowest BCUT2D eigenvalue weighted by molar-refractivity contribution is -0.138. The van der Waals surface area contributed by atoms with Gasteiger partial charge in [-0.15, -0.1) is 6.58 Å². The maximum atomic E-state index is 13.8. The molecule has 3 aromatic rings. The van der Waals surface area contributed by atoms with Gasteiger partial charge in [0.25, 0.3) is 0 Å². The molecule has 0 radical (unpaired) electrons. The van der Waals surface area contributed by atoms with Crippen LogP contribution in [-0.2, 0) is 32.0 Å². The summed E-state index contributed by atoms with van der Waals surface area (Å²) in [5.74, 6) is -4.10. The van der Waals surface area contributed by atoms with Gasteiger partial charge in [-0.3, -0.25) is 29.6 Å². The Morgan fingerprint density at radius 3 is 2.09 bits per heavy atom. The predicted octanol–water partition coefficient (Wildman–Crippen LogP) is 0.336. The van der Waals surface area contributed by atoms with E-state index in [2.05, 4.69) is 27.5 Å². The zero-order valence-electron chi connectivity index (χ0n) is 25.5. The van der Waals surface area contributed by atoms with Crippen LogP contribution in [0.25, 0.3) is 10.8 Å². The lowest BCUT2D eigenvalue weighted by Crippen LogP contribution is -2.55. The number of hydrogen-bond donors (Lipinski definition) is 8. The van der Waals surface area contributed by atoms with Crippen LogP contribution in [0.2, 0.25) is 0 Å². The molecule has 0 heterocycles. The summed E-state index contributed by atoms with van der Waals surface area (Å²) in [5.41, 5.74) is 23.7. The van der Waals surface area contributed by atoms with E-state index in [0.29, 0.717) is 17.5 Å². The lowest BCUT2D eigenvalue weighted by Gasteiger charge is -2.24. The topological polar surface area (TPSA) is 245 Å². The van der Waals surface area contributed by atoms with Crippen LogP contribution in [-0.4, -0.2) is 60.6 Å². The summed E-state index contributed by atoms with van der Waals surface area (Å²) in [6.45, 7) is 3.97. The molecule has 3 aromatic carbocycles. The number of primary amides is 1. The van der Waals surface area contributed by atoms with Crippen LogP contribution >= 0.6 is 0 Å². The number of carbonyl (C=O) groups is 4. The molecule has 1 unspecified atom stereocenters. The molecule has 13 nitrogen and oxygen atoms in total. The first-order chi connectivity index (χ1) is 22.0. The van der Waals surface area contributed by atoms with Crippen molar-refractivity contribution in [3.63, 3.8) is 0 Å². The van der Waals surface area contributed by atoms with Crippen LogP contribution in [0.4, 0.5) is 0 Å². The molecular weight excluding hydrogens is 586 g/mol. The molecule has 0 aliphatic rings. The molecule has 0 aliphatic carbocycles. The zero-order valence-corrected chi connectivity index (χ0v) is 25.5. The molecule has 12 N–H and O–H groups in total. The fraction of sp³-hybridized carbons (Fsp3) is 0.273. The predicted molar refractivity (Wildman–Crippen MR) is 178 cm³/mol. The van der Waals surface area contributed by atoms with E-state index in [-0.39, 0.29) is 44.1 Å². The number of guanidine groups is 1. The van der Waals surface area contributed by atoms with Crippen molar-refractivity contribution in [3.8, 4) is 0 Å². The molecule has 4 amide bonds. The summed E-state index contributed by atoms with van der Waals surface area (Å²) in [6.07, 6.45) is 2.09. The van der Waals surface area contributed by atoms with Gasteiger partial charge in [-0.25, -0.2) is 0 Å². The van der Waals surface area contributed by atoms with Crippen LogP contribution in [0.3, 0.4) is 0 Å². The fourth-order valence-corrected chi connectivity index (χ4v) is 4.80. The van der Waals surface area contributed by atoms with Crippen LogP contribution in [0.1, 0.15) is 29.5 Å². The Hall–Kier alpha value is -5.72. The van der Waals surface area contributed by atoms with Gasteiger partial charge in [-0.05, 0) is 41.2 Å². The Labute approximate surface area is 267 Å². The van der Waals surface area contributed by atoms with Crippen molar-refractivity contribution in [2.24, 2.45) is 33.8 Å². The highest BCUT2D eigenvalue weighted by molar-refractivity contribution is 6.02. The number of hydrogen-bond acceptors (Lipinski definition) is 6. The third-order valence-electron chi connectivity index (χ3n) is 7.25. The Morgan fingerprint density at radius 2 is 1.46 bits per heavy atom. The first-order valence-electron chi connectivity index (χ1n) is 14.7. The normalized spacial score (nSPS) is 12.6. The standard InChI is InChI=1S/C33H41N9O4/c1-2-15-39-30(44)25(18-20-9-13-23(14-10-20)28(34)35)31(45)42-27(19-21-11-12-22-6-3-4-7-24(22)17-21)32(46)41-26(29(36)43)8-5-16-40-33(37)38/h2-4,6-7,9-14,17,25-27H,1,5,8,15-16,18-19H2,(H3,34,35)(H2,36,43)(H,39,44)(H,41,46)(H,42,45)(H4,37,38,40)/t25?,26-,27-/m0/s1. The minimum atomic E-state index is -1.22. The highest BCUT2D eigenvalue weighted by Crippen LogP contribution is 2.18. The van der Waals surface area contributed by atoms with Crippen LogP contribution in [0, 0.1) is 11.3 Å². The second-order valence-electron chi connectivity index (χ2n) is 10.8. The molecule has 0 saturated heterocycles. The van der Waals surface area contributed by atoms with Crippen LogP contribution in [0.5, 0.6) is 0 Å². The number of carbonyl (C=O) groups excluding carboxylic acids is 4. The second kappa shape index (κ2) is 16.9. The van der Waals surface area contributed by atoms with Gasteiger partial charge in [0.1, 0.15) is 23.8 Å². The van der Waals surface area contributed by atoms with E-state index in [1.165, 1.54) is 6.08 Å².